The minimum atomic E-state index is 0.0420. The number of nitrogens with zero attached hydrogens (tertiary/aromatic N) is 2. The van der Waals surface area contributed by atoms with Crippen molar-refractivity contribution in [1.82, 2.24) is 4.90 Å². The standard InChI is InChI=1S/C13H14N2O2S/c1-17-7-6-15-12(16)9-18-13(15)11-4-2-10(8-14)3-5-11/h2-5,13H,6-7,9H2,1H3. The van der Waals surface area contributed by atoms with Crippen LogP contribution in [0.2, 0.25) is 0 Å². The Kier molecular flexibility index (Phi) is 4.24. The van der Waals surface area contributed by atoms with E-state index < -0.39 is 0 Å². The number of rotatable bonds is 4. The number of hydrogen-bond donors (Lipinski definition) is 0. The van der Waals surface area contributed by atoms with Gasteiger partial charge in [0.15, 0.2) is 0 Å². The first-order valence-corrected chi connectivity index (χ1v) is 6.71. The summed E-state index contributed by atoms with van der Waals surface area (Å²) in [6.45, 7) is 1.14. The van der Waals surface area contributed by atoms with Gasteiger partial charge in [0.2, 0.25) is 5.91 Å². The van der Waals surface area contributed by atoms with Crippen molar-refractivity contribution in [2.45, 2.75) is 5.37 Å². The minimum absolute atomic E-state index is 0.0420. The van der Waals surface area contributed by atoms with Gasteiger partial charge in [-0.2, -0.15) is 5.26 Å². The highest BCUT2D eigenvalue weighted by atomic mass is 32.2. The Hall–Kier alpha value is -1.51. The molecule has 1 aromatic rings. The Morgan fingerprint density at radius 2 is 2.22 bits per heavy atom. The fourth-order valence-electron chi connectivity index (χ4n) is 1.88. The second-order valence-electron chi connectivity index (χ2n) is 3.98. The number of carbonyl (C=O) groups is 1. The first-order valence-electron chi connectivity index (χ1n) is 5.66. The summed E-state index contributed by atoms with van der Waals surface area (Å²) in [5.74, 6) is 0.653. The topological polar surface area (TPSA) is 53.3 Å². The van der Waals surface area contributed by atoms with Crippen molar-refractivity contribution in [1.29, 1.82) is 5.26 Å². The van der Waals surface area contributed by atoms with E-state index in [1.165, 1.54) is 0 Å². The van der Waals surface area contributed by atoms with E-state index in [0.717, 1.165) is 5.56 Å². The molecule has 1 aliphatic rings. The Bertz CT molecular complexity index is 467. The molecule has 0 saturated carbocycles. The van der Waals surface area contributed by atoms with Crippen LogP contribution >= 0.6 is 11.8 Å². The molecule has 1 atom stereocenters. The van der Waals surface area contributed by atoms with E-state index >= 15 is 0 Å². The molecule has 94 valence electrons. The molecule has 0 spiro atoms. The predicted molar refractivity (Wildman–Crippen MR) is 69.9 cm³/mol. The van der Waals surface area contributed by atoms with Gasteiger partial charge >= 0.3 is 0 Å². The zero-order valence-corrected chi connectivity index (χ0v) is 10.9. The number of thioether (sulfide) groups is 1. The van der Waals surface area contributed by atoms with Crippen molar-refractivity contribution < 1.29 is 9.53 Å². The number of ether oxygens (including phenoxy) is 1. The molecular formula is C13H14N2O2S. The van der Waals surface area contributed by atoms with Gasteiger partial charge in [-0.3, -0.25) is 4.79 Å². The summed E-state index contributed by atoms with van der Waals surface area (Å²) in [5, 5.41) is 8.81. The van der Waals surface area contributed by atoms with Gasteiger partial charge in [0, 0.05) is 13.7 Å². The molecule has 1 aromatic carbocycles. The van der Waals surface area contributed by atoms with Crippen LogP contribution < -0.4 is 0 Å². The van der Waals surface area contributed by atoms with Crippen LogP contribution in [0.4, 0.5) is 0 Å². The normalized spacial score (nSPS) is 19.0. The summed E-state index contributed by atoms with van der Waals surface area (Å²) in [7, 11) is 1.63. The van der Waals surface area contributed by atoms with Crippen molar-refractivity contribution in [3.8, 4) is 6.07 Å². The van der Waals surface area contributed by atoms with Gasteiger partial charge in [0.25, 0.3) is 0 Å². The van der Waals surface area contributed by atoms with Crippen LogP contribution in [0.25, 0.3) is 0 Å². The summed E-state index contributed by atoms with van der Waals surface area (Å²) in [4.78, 5) is 13.6. The largest absolute Gasteiger partial charge is 0.383 e. The number of amides is 1. The fraction of sp³-hybridized carbons (Fsp3) is 0.385. The molecule has 0 N–H and O–H groups in total. The molecule has 1 amide bonds. The SMILES string of the molecule is COCCN1C(=O)CSC1c1ccc(C#N)cc1. The van der Waals surface area contributed by atoms with Gasteiger partial charge in [-0.1, -0.05) is 12.1 Å². The Morgan fingerprint density at radius 1 is 1.50 bits per heavy atom. The van der Waals surface area contributed by atoms with E-state index in [0.29, 0.717) is 24.5 Å². The lowest BCUT2D eigenvalue weighted by molar-refractivity contribution is -0.128. The van der Waals surface area contributed by atoms with E-state index in [-0.39, 0.29) is 11.3 Å². The van der Waals surface area contributed by atoms with Crippen molar-refractivity contribution >= 4 is 17.7 Å². The maximum absolute atomic E-state index is 11.8. The molecule has 1 saturated heterocycles. The van der Waals surface area contributed by atoms with Crippen LogP contribution in [0.1, 0.15) is 16.5 Å². The van der Waals surface area contributed by atoms with E-state index in [1.54, 1.807) is 31.0 Å². The quantitative estimate of drug-likeness (QED) is 0.830. The zero-order valence-electron chi connectivity index (χ0n) is 10.1. The number of benzene rings is 1. The third-order valence-electron chi connectivity index (χ3n) is 2.83. The highest BCUT2D eigenvalue weighted by Crippen LogP contribution is 2.38. The molecule has 0 bridgehead atoms. The van der Waals surface area contributed by atoms with E-state index in [1.807, 2.05) is 17.0 Å². The third-order valence-corrected chi connectivity index (χ3v) is 4.09. The summed E-state index contributed by atoms with van der Waals surface area (Å²) in [6, 6.07) is 9.48. The van der Waals surface area contributed by atoms with Gasteiger partial charge < -0.3 is 9.64 Å². The van der Waals surface area contributed by atoms with Crippen LogP contribution in [-0.4, -0.2) is 36.8 Å². The average Bonchev–Trinajstić information content (AvgIpc) is 2.78. The lowest BCUT2D eigenvalue weighted by Crippen LogP contribution is -2.31. The lowest BCUT2D eigenvalue weighted by atomic mass is 10.1. The maximum Gasteiger partial charge on any atom is 0.233 e. The lowest BCUT2D eigenvalue weighted by Gasteiger charge is -2.23. The zero-order chi connectivity index (χ0) is 13.0. The number of hydrogen-bond acceptors (Lipinski definition) is 4. The van der Waals surface area contributed by atoms with Crippen molar-refractivity contribution in [3.05, 3.63) is 35.4 Å². The van der Waals surface area contributed by atoms with E-state index in [9.17, 15) is 4.79 Å². The molecule has 1 aliphatic heterocycles. The highest BCUT2D eigenvalue weighted by molar-refractivity contribution is 8.00. The summed E-state index contributed by atoms with van der Waals surface area (Å²) in [6.07, 6.45) is 0. The van der Waals surface area contributed by atoms with Crippen molar-refractivity contribution in [2.75, 3.05) is 26.0 Å². The first kappa shape index (κ1) is 12.9. The summed E-state index contributed by atoms with van der Waals surface area (Å²) >= 11 is 1.61. The number of methoxy groups -OCH3 is 1. The molecule has 5 heteroatoms. The molecule has 0 aromatic heterocycles. The fourth-order valence-corrected chi connectivity index (χ4v) is 3.10. The summed E-state index contributed by atoms with van der Waals surface area (Å²) < 4.78 is 5.03. The van der Waals surface area contributed by atoms with E-state index in [4.69, 9.17) is 10.00 Å². The van der Waals surface area contributed by atoms with Gasteiger partial charge in [-0.15, -0.1) is 11.8 Å². The van der Waals surface area contributed by atoms with Crippen molar-refractivity contribution in [2.24, 2.45) is 0 Å². The monoisotopic (exact) mass is 262 g/mol. The first-order chi connectivity index (χ1) is 8.76. The summed E-state index contributed by atoms with van der Waals surface area (Å²) in [5.41, 5.74) is 1.69. The molecule has 2 rings (SSSR count). The molecule has 1 heterocycles. The van der Waals surface area contributed by atoms with Crippen molar-refractivity contribution in [3.63, 3.8) is 0 Å². The molecular weight excluding hydrogens is 248 g/mol. The van der Waals surface area contributed by atoms with Crippen LogP contribution in [0.3, 0.4) is 0 Å². The van der Waals surface area contributed by atoms with Crippen LogP contribution in [0.15, 0.2) is 24.3 Å². The minimum Gasteiger partial charge on any atom is -0.383 e. The molecule has 1 fully saturated rings. The second kappa shape index (κ2) is 5.89. The van der Waals surface area contributed by atoms with E-state index in [2.05, 4.69) is 6.07 Å². The molecule has 1 unspecified atom stereocenters. The van der Waals surface area contributed by atoms with Gasteiger partial charge in [0.05, 0.1) is 24.0 Å². The third kappa shape index (κ3) is 2.66. The van der Waals surface area contributed by atoms with Gasteiger partial charge in [0.1, 0.15) is 5.37 Å². The molecule has 0 radical (unpaired) electrons. The molecule has 18 heavy (non-hydrogen) atoms. The Morgan fingerprint density at radius 3 is 2.83 bits per heavy atom. The average molecular weight is 262 g/mol. The van der Waals surface area contributed by atoms with Crippen LogP contribution in [0.5, 0.6) is 0 Å². The second-order valence-corrected chi connectivity index (χ2v) is 5.05. The smallest absolute Gasteiger partial charge is 0.233 e. The number of carbonyl (C=O) groups excluding carboxylic acids is 1. The highest BCUT2D eigenvalue weighted by Gasteiger charge is 2.32. The van der Waals surface area contributed by atoms with Crippen LogP contribution in [0, 0.1) is 11.3 Å². The van der Waals surface area contributed by atoms with Gasteiger partial charge in [-0.05, 0) is 17.7 Å². The Balaban J connectivity index is 2.15. The molecule has 4 nitrogen and oxygen atoms in total. The number of nitriles is 1. The van der Waals surface area contributed by atoms with Gasteiger partial charge in [-0.25, -0.2) is 0 Å². The van der Waals surface area contributed by atoms with Crippen LogP contribution in [-0.2, 0) is 9.53 Å². The maximum atomic E-state index is 11.8. The molecule has 0 aliphatic carbocycles. The Labute approximate surface area is 111 Å². The predicted octanol–water partition coefficient (Wildman–Crippen LogP) is 1.78.